The summed E-state index contributed by atoms with van der Waals surface area (Å²) in [5, 5.41) is 23.4. The number of anilines is 1. The Kier molecular flexibility index (Phi) is 5.68. The Morgan fingerprint density at radius 3 is 2.56 bits per heavy atom. The van der Waals surface area contributed by atoms with Crippen LogP contribution in [0, 0.1) is 11.3 Å². The molecule has 0 bridgehead atoms. The fourth-order valence-corrected chi connectivity index (χ4v) is 3.03. The zero-order valence-corrected chi connectivity index (χ0v) is 15.5. The number of hydrogen-bond donors (Lipinski definition) is 1. The molecule has 9 heteroatoms. The number of ether oxygens (including phenoxy) is 1. The number of thioether (sulfide) groups is 1. The number of methoxy groups -OCH3 is 1. The van der Waals surface area contributed by atoms with Gasteiger partial charge in [-0.25, -0.2) is 0 Å². The first-order valence-corrected chi connectivity index (χ1v) is 8.89. The highest BCUT2D eigenvalue weighted by Gasteiger charge is 2.19. The molecule has 27 heavy (non-hydrogen) atoms. The lowest BCUT2D eigenvalue weighted by Crippen LogP contribution is -2.22. The lowest BCUT2D eigenvalue weighted by atomic mass is 10.2. The third-order valence-corrected chi connectivity index (χ3v) is 4.72. The van der Waals surface area contributed by atoms with Crippen molar-refractivity contribution in [2.75, 3.05) is 12.4 Å². The number of carbonyl (C=O) groups is 1. The maximum absolute atomic E-state index is 12.4. The van der Waals surface area contributed by atoms with Gasteiger partial charge in [-0.3, -0.25) is 4.79 Å². The summed E-state index contributed by atoms with van der Waals surface area (Å²) < 4.78 is 6.71. The van der Waals surface area contributed by atoms with E-state index in [4.69, 9.17) is 10.00 Å². The van der Waals surface area contributed by atoms with Crippen molar-refractivity contribution >= 4 is 23.4 Å². The number of tetrazole rings is 1. The number of benzene rings is 2. The molecule has 0 fully saturated rings. The second-order valence-electron chi connectivity index (χ2n) is 5.51. The monoisotopic (exact) mass is 380 g/mol. The Labute approximate surface area is 160 Å². The van der Waals surface area contributed by atoms with Gasteiger partial charge in [0.05, 0.1) is 29.7 Å². The minimum absolute atomic E-state index is 0.186. The summed E-state index contributed by atoms with van der Waals surface area (Å²) in [7, 11) is 1.60. The molecule has 1 heterocycles. The van der Waals surface area contributed by atoms with E-state index in [1.54, 1.807) is 43.0 Å². The molecule has 1 N–H and O–H groups in total. The summed E-state index contributed by atoms with van der Waals surface area (Å²) in [6.07, 6.45) is 0. The molecule has 136 valence electrons. The third kappa shape index (κ3) is 4.43. The number of rotatable bonds is 6. The predicted molar refractivity (Wildman–Crippen MR) is 101 cm³/mol. The number of nitriles is 1. The lowest BCUT2D eigenvalue weighted by molar-refractivity contribution is -0.115. The Morgan fingerprint density at radius 2 is 1.93 bits per heavy atom. The summed E-state index contributed by atoms with van der Waals surface area (Å²) in [6, 6.07) is 16.0. The average molecular weight is 380 g/mol. The molecule has 0 aliphatic heterocycles. The summed E-state index contributed by atoms with van der Waals surface area (Å²) >= 11 is 1.25. The van der Waals surface area contributed by atoms with E-state index in [9.17, 15) is 4.79 Å². The predicted octanol–water partition coefficient (Wildman–Crippen LogP) is 2.66. The molecule has 0 saturated heterocycles. The van der Waals surface area contributed by atoms with Gasteiger partial charge in [0.15, 0.2) is 0 Å². The zero-order chi connectivity index (χ0) is 19.2. The van der Waals surface area contributed by atoms with Gasteiger partial charge in [-0.2, -0.15) is 9.94 Å². The molecule has 0 radical (unpaired) electrons. The van der Waals surface area contributed by atoms with Gasteiger partial charge in [-0.1, -0.05) is 11.8 Å². The molecule has 1 aromatic heterocycles. The van der Waals surface area contributed by atoms with Crippen molar-refractivity contribution < 1.29 is 9.53 Å². The molecule has 1 amide bonds. The van der Waals surface area contributed by atoms with Gasteiger partial charge < -0.3 is 10.1 Å². The van der Waals surface area contributed by atoms with Gasteiger partial charge in [0, 0.05) is 5.69 Å². The first kappa shape index (κ1) is 18.4. The van der Waals surface area contributed by atoms with Crippen molar-refractivity contribution in [2.45, 2.75) is 17.3 Å². The van der Waals surface area contributed by atoms with Gasteiger partial charge in [-0.05, 0) is 65.9 Å². The van der Waals surface area contributed by atoms with Crippen molar-refractivity contribution in [3.63, 3.8) is 0 Å². The van der Waals surface area contributed by atoms with E-state index < -0.39 is 5.25 Å². The summed E-state index contributed by atoms with van der Waals surface area (Å²) in [6.45, 7) is 1.77. The molecule has 0 unspecified atom stereocenters. The molecule has 0 aliphatic carbocycles. The molecule has 2 aromatic carbocycles. The SMILES string of the molecule is COc1ccc(-n2nnnc2S[C@@H](C)C(=O)Nc2ccc(C#N)cc2)cc1. The van der Waals surface area contributed by atoms with Crippen LogP contribution >= 0.6 is 11.8 Å². The molecular formula is C18H16N6O2S. The van der Waals surface area contributed by atoms with E-state index in [2.05, 4.69) is 20.8 Å². The van der Waals surface area contributed by atoms with E-state index in [0.717, 1.165) is 11.4 Å². The molecule has 0 aliphatic rings. The standard InChI is InChI=1S/C18H16N6O2S/c1-12(17(25)20-14-5-3-13(11-19)4-6-14)27-18-21-22-23-24(18)15-7-9-16(26-2)10-8-15/h3-10,12H,1-2H3,(H,20,25)/t12-/m0/s1. The molecule has 1 atom stereocenters. The quantitative estimate of drug-likeness (QED) is 0.655. The van der Waals surface area contributed by atoms with Crippen molar-refractivity contribution in [3.8, 4) is 17.5 Å². The van der Waals surface area contributed by atoms with E-state index in [0.29, 0.717) is 16.4 Å². The van der Waals surface area contributed by atoms with Crippen LogP contribution in [-0.2, 0) is 4.79 Å². The van der Waals surface area contributed by atoms with Gasteiger partial charge in [-0.15, -0.1) is 5.10 Å². The molecule has 8 nitrogen and oxygen atoms in total. The number of carbonyl (C=O) groups excluding carboxylic acids is 1. The summed E-state index contributed by atoms with van der Waals surface area (Å²) in [5.74, 6) is 0.546. The van der Waals surface area contributed by atoms with Gasteiger partial charge in [0.25, 0.3) is 0 Å². The molecule has 0 spiro atoms. The topological polar surface area (TPSA) is 106 Å². The lowest BCUT2D eigenvalue weighted by Gasteiger charge is -2.12. The fourth-order valence-electron chi connectivity index (χ4n) is 2.22. The molecule has 3 aromatic rings. The van der Waals surface area contributed by atoms with Crippen LogP contribution in [-0.4, -0.2) is 38.5 Å². The molecular weight excluding hydrogens is 364 g/mol. The smallest absolute Gasteiger partial charge is 0.237 e. The normalized spacial score (nSPS) is 11.4. The van der Waals surface area contributed by atoms with Crippen LogP contribution in [0.5, 0.6) is 5.75 Å². The van der Waals surface area contributed by atoms with Crippen LogP contribution in [0.25, 0.3) is 5.69 Å². The Bertz CT molecular complexity index is 963. The largest absolute Gasteiger partial charge is 0.497 e. The van der Waals surface area contributed by atoms with Crippen LogP contribution < -0.4 is 10.1 Å². The number of aromatic nitrogens is 4. The van der Waals surface area contributed by atoms with Crippen molar-refractivity contribution in [1.82, 2.24) is 20.2 Å². The second kappa shape index (κ2) is 8.33. The highest BCUT2D eigenvalue weighted by atomic mass is 32.2. The van der Waals surface area contributed by atoms with Crippen LogP contribution in [0.3, 0.4) is 0 Å². The van der Waals surface area contributed by atoms with Crippen LogP contribution in [0.1, 0.15) is 12.5 Å². The average Bonchev–Trinajstić information content (AvgIpc) is 3.16. The highest BCUT2D eigenvalue weighted by Crippen LogP contribution is 2.24. The summed E-state index contributed by atoms with van der Waals surface area (Å²) in [4.78, 5) is 12.4. The van der Waals surface area contributed by atoms with E-state index >= 15 is 0 Å². The Hall–Kier alpha value is -3.38. The number of nitrogens with zero attached hydrogens (tertiary/aromatic N) is 5. The first-order valence-electron chi connectivity index (χ1n) is 8.01. The maximum Gasteiger partial charge on any atom is 0.237 e. The Balaban J connectivity index is 1.68. The third-order valence-electron chi connectivity index (χ3n) is 3.69. The van der Waals surface area contributed by atoms with Crippen LogP contribution in [0.2, 0.25) is 0 Å². The van der Waals surface area contributed by atoms with Crippen LogP contribution in [0.4, 0.5) is 5.69 Å². The van der Waals surface area contributed by atoms with Crippen LogP contribution in [0.15, 0.2) is 53.7 Å². The summed E-state index contributed by atoms with van der Waals surface area (Å²) in [5.41, 5.74) is 1.93. The van der Waals surface area contributed by atoms with Crippen molar-refractivity contribution in [2.24, 2.45) is 0 Å². The highest BCUT2D eigenvalue weighted by molar-refractivity contribution is 8.00. The molecule has 0 saturated carbocycles. The van der Waals surface area contributed by atoms with Gasteiger partial charge in [0.2, 0.25) is 11.1 Å². The minimum atomic E-state index is -0.427. The number of hydrogen-bond acceptors (Lipinski definition) is 7. The van der Waals surface area contributed by atoms with Crippen molar-refractivity contribution in [1.29, 1.82) is 5.26 Å². The number of nitrogens with one attached hydrogen (secondary N) is 1. The first-order chi connectivity index (χ1) is 13.1. The van der Waals surface area contributed by atoms with Crippen molar-refractivity contribution in [3.05, 3.63) is 54.1 Å². The second-order valence-corrected chi connectivity index (χ2v) is 6.82. The Morgan fingerprint density at radius 1 is 1.22 bits per heavy atom. The van der Waals surface area contributed by atoms with Gasteiger partial charge >= 0.3 is 0 Å². The maximum atomic E-state index is 12.4. The van der Waals surface area contributed by atoms with E-state index in [1.807, 2.05) is 30.3 Å². The zero-order valence-electron chi connectivity index (χ0n) is 14.7. The van der Waals surface area contributed by atoms with Gasteiger partial charge in [0.1, 0.15) is 5.75 Å². The van der Waals surface area contributed by atoms with E-state index in [1.165, 1.54) is 11.8 Å². The fraction of sp³-hybridized carbons (Fsp3) is 0.167. The van der Waals surface area contributed by atoms with E-state index in [-0.39, 0.29) is 5.91 Å². The number of amides is 1. The molecule has 3 rings (SSSR count). The minimum Gasteiger partial charge on any atom is -0.497 e.